The largest absolute Gasteiger partial charge is 0.416 e. The Kier molecular flexibility index (Phi) is 5.58. The van der Waals surface area contributed by atoms with Crippen molar-refractivity contribution in [1.29, 1.82) is 0 Å². The molecular formula is C16H21BrF3N. The number of hydrogen-bond acceptors (Lipinski definition) is 1. The molecule has 0 unspecified atom stereocenters. The first kappa shape index (κ1) is 16.7. The summed E-state index contributed by atoms with van der Waals surface area (Å²) >= 11 is 3.33. The van der Waals surface area contributed by atoms with Crippen LogP contribution in [0.3, 0.4) is 0 Å². The molecule has 2 rings (SSSR count). The van der Waals surface area contributed by atoms with Crippen molar-refractivity contribution in [1.82, 2.24) is 0 Å². The van der Waals surface area contributed by atoms with Gasteiger partial charge in [-0.05, 0) is 65.7 Å². The van der Waals surface area contributed by atoms with Gasteiger partial charge in [0.2, 0.25) is 0 Å². The van der Waals surface area contributed by atoms with Crippen LogP contribution in [0.5, 0.6) is 0 Å². The first-order chi connectivity index (χ1) is 9.90. The number of alkyl halides is 3. The average molecular weight is 364 g/mol. The second-order valence-electron chi connectivity index (χ2n) is 5.84. The molecule has 1 aliphatic rings. The fourth-order valence-corrected chi connectivity index (χ4v) is 3.40. The van der Waals surface area contributed by atoms with E-state index in [0.717, 1.165) is 24.8 Å². The molecule has 5 heteroatoms. The van der Waals surface area contributed by atoms with Crippen molar-refractivity contribution in [2.45, 2.75) is 57.7 Å². The molecule has 1 aromatic carbocycles. The monoisotopic (exact) mass is 363 g/mol. The standard InChI is InChI=1S/C16H21BrF3N/c1-2-3-11-4-7-13(8-5-11)21-15-10-12(16(18,19)20)6-9-14(15)17/h6,9-11,13,21H,2-5,7-8H2,1H3. The van der Waals surface area contributed by atoms with Crippen LogP contribution in [0.1, 0.15) is 51.0 Å². The van der Waals surface area contributed by atoms with Crippen LogP contribution in [0.15, 0.2) is 22.7 Å². The molecule has 0 aromatic heterocycles. The molecule has 0 spiro atoms. The highest BCUT2D eigenvalue weighted by Crippen LogP contribution is 2.36. The summed E-state index contributed by atoms with van der Waals surface area (Å²) in [6.07, 6.45) is 2.59. The maximum absolute atomic E-state index is 12.8. The van der Waals surface area contributed by atoms with Crippen molar-refractivity contribution < 1.29 is 13.2 Å². The Bertz CT molecular complexity index is 465. The fraction of sp³-hybridized carbons (Fsp3) is 0.625. The topological polar surface area (TPSA) is 12.0 Å². The number of benzene rings is 1. The van der Waals surface area contributed by atoms with E-state index in [1.807, 2.05) is 0 Å². The molecule has 0 aliphatic heterocycles. The van der Waals surface area contributed by atoms with Gasteiger partial charge in [0, 0.05) is 16.2 Å². The Morgan fingerprint density at radius 2 is 1.86 bits per heavy atom. The van der Waals surface area contributed by atoms with Gasteiger partial charge in [0.05, 0.1) is 5.56 Å². The smallest absolute Gasteiger partial charge is 0.381 e. The van der Waals surface area contributed by atoms with Gasteiger partial charge in [-0.2, -0.15) is 13.2 Å². The van der Waals surface area contributed by atoms with Crippen molar-refractivity contribution in [2.75, 3.05) is 5.32 Å². The van der Waals surface area contributed by atoms with Gasteiger partial charge < -0.3 is 5.32 Å². The Hall–Kier alpha value is -0.710. The highest BCUT2D eigenvalue weighted by atomic mass is 79.9. The summed E-state index contributed by atoms with van der Waals surface area (Å²) in [7, 11) is 0. The van der Waals surface area contributed by atoms with Gasteiger partial charge >= 0.3 is 6.18 Å². The third-order valence-corrected chi connectivity index (χ3v) is 4.89. The molecule has 1 N–H and O–H groups in total. The predicted molar refractivity (Wildman–Crippen MR) is 83.4 cm³/mol. The molecule has 1 nitrogen and oxygen atoms in total. The summed E-state index contributed by atoms with van der Waals surface area (Å²) in [5, 5.41) is 3.28. The highest BCUT2D eigenvalue weighted by Gasteiger charge is 2.31. The number of halogens is 4. The van der Waals surface area contributed by atoms with Crippen molar-refractivity contribution >= 4 is 21.6 Å². The summed E-state index contributed by atoms with van der Waals surface area (Å²) in [5.74, 6) is 0.790. The second-order valence-corrected chi connectivity index (χ2v) is 6.70. The van der Waals surface area contributed by atoms with Crippen LogP contribution in [0, 0.1) is 5.92 Å². The quantitative estimate of drug-likeness (QED) is 0.667. The fourth-order valence-electron chi connectivity index (χ4n) is 3.04. The Balaban J connectivity index is 2.00. The van der Waals surface area contributed by atoms with E-state index in [4.69, 9.17) is 0 Å². The molecule has 0 bridgehead atoms. The van der Waals surface area contributed by atoms with Crippen molar-refractivity contribution in [3.63, 3.8) is 0 Å². The lowest BCUT2D eigenvalue weighted by molar-refractivity contribution is -0.137. The van der Waals surface area contributed by atoms with E-state index in [2.05, 4.69) is 28.2 Å². The van der Waals surface area contributed by atoms with E-state index < -0.39 is 11.7 Å². The molecule has 0 heterocycles. The molecule has 1 fully saturated rings. The predicted octanol–water partition coefficient (Wildman–Crippen LogP) is 6.24. The lowest BCUT2D eigenvalue weighted by Gasteiger charge is -2.30. The number of nitrogens with one attached hydrogen (secondary N) is 1. The van der Waals surface area contributed by atoms with E-state index in [-0.39, 0.29) is 6.04 Å². The van der Waals surface area contributed by atoms with Crippen molar-refractivity contribution in [3.8, 4) is 0 Å². The Morgan fingerprint density at radius 1 is 1.19 bits per heavy atom. The third-order valence-electron chi connectivity index (χ3n) is 4.20. The van der Waals surface area contributed by atoms with Crippen molar-refractivity contribution in [3.05, 3.63) is 28.2 Å². The van der Waals surface area contributed by atoms with Crippen LogP contribution in [-0.2, 0) is 6.18 Å². The zero-order valence-electron chi connectivity index (χ0n) is 12.1. The van der Waals surface area contributed by atoms with E-state index in [1.54, 1.807) is 0 Å². The minimum absolute atomic E-state index is 0.276. The summed E-state index contributed by atoms with van der Waals surface area (Å²) in [6.45, 7) is 2.20. The van der Waals surface area contributed by atoms with Crippen LogP contribution in [0.4, 0.5) is 18.9 Å². The normalized spacial score (nSPS) is 23.1. The highest BCUT2D eigenvalue weighted by molar-refractivity contribution is 9.10. The Morgan fingerprint density at radius 3 is 2.43 bits per heavy atom. The second kappa shape index (κ2) is 7.03. The molecule has 0 atom stereocenters. The number of anilines is 1. The lowest BCUT2D eigenvalue weighted by Crippen LogP contribution is -2.26. The minimum Gasteiger partial charge on any atom is -0.381 e. The summed E-state index contributed by atoms with van der Waals surface area (Å²) in [5.41, 5.74) is -0.0587. The molecule has 0 radical (unpaired) electrons. The van der Waals surface area contributed by atoms with E-state index in [1.165, 1.54) is 37.8 Å². The van der Waals surface area contributed by atoms with Gasteiger partial charge in [-0.15, -0.1) is 0 Å². The van der Waals surface area contributed by atoms with Gasteiger partial charge in [-0.1, -0.05) is 19.8 Å². The SMILES string of the molecule is CCCC1CCC(Nc2cc(C(F)(F)F)ccc2Br)CC1. The van der Waals surface area contributed by atoms with Gasteiger partial charge in [0.15, 0.2) is 0 Å². The maximum atomic E-state index is 12.8. The molecule has 1 aliphatic carbocycles. The first-order valence-electron chi connectivity index (χ1n) is 7.53. The molecule has 21 heavy (non-hydrogen) atoms. The molecule has 1 saturated carbocycles. The zero-order chi connectivity index (χ0) is 15.5. The third kappa shape index (κ3) is 4.63. The summed E-state index contributed by atoms with van der Waals surface area (Å²) < 4.78 is 39.0. The van der Waals surface area contributed by atoms with Gasteiger partial charge in [-0.25, -0.2) is 0 Å². The van der Waals surface area contributed by atoms with E-state index in [9.17, 15) is 13.2 Å². The molecule has 0 saturated heterocycles. The summed E-state index contributed by atoms with van der Waals surface area (Å²) in [4.78, 5) is 0. The first-order valence-corrected chi connectivity index (χ1v) is 8.32. The van der Waals surface area contributed by atoms with Gasteiger partial charge in [-0.3, -0.25) is 0 Å². The minimum atomic E-state index is -4.30. The van der Waals surface area contributed by atoms with Gasteiger partial charge in [0.1, 0.15) is 0 Å². The van der Waals surface area contributed by atoms with Crippen LogP contribution < -0.4 is 5.32 Å². The van der Waals surface area contributed by atoms with Crippen LogP contribution in [0.2, 0.25) is 0 Å². The van der Waals surface area contributed by atoms with E-state index >= 15 is 0 Å². The van der Waals surface area contributed by atoms with Crippen LogP contribution >= 0.6 is 15.9 Å². The average Bonchev–Trinajstić information content (AvgIpc) is 2.42. The van der Waals surface area contributed by atoms with Gasteiger partial charge in [0.25, 0.3) is 0 Å². The van der Waals surface area contributed by atoms with Crippen molar-refractivity contribution in [2.24, 2.45) is 5.92 Å². The van der Waals surface area contributed by atoms with E-state index in [0.29, 0.717) is 10.2 Å². The van der Waals surface area contributed by atoms with Crippen LogP contribution in [0.25, 0.3) is 0 Å². The molecule has 118 valence electrons. The lowest BCUT2D eigenvalue weighted by atomic mass is 9.83. The van der Waals surface area contributed by atoms with Crippen LogP contribution in [-0.4, -0.2) is 6.04 Å². The zero-order valence-corrected chi connectivity index (χ0v) is 13.7. The molecular weight excluding hydrogens is 343 g/mol. The number of rotatable bonds is 4. The maximum Gasteiger partial charge on any atom is 0.416 e. The molecule has 1 aromatic rings. The Labute approximate surface area is 132 Å². The number of hydrogen-bond donors (Lipinski definition) is 1. The summed E-state index contributed by atoms with van der Waals surface area (Å²) in [6, 6.07) is 4.04. The molecule has 0 amide bonds.